The van der Waals surface area contributed by atoms with Gasteiger partial charge in [0.05, 0.1) is 6.54 Å². The summed E-state index contributed by atoms with van der Waals surface area (Å²) in [6, 6.07) is 12.2. The first-order chi connectivity index (χ1) is 15.5. The molecule has 0 atom stereocenters. The van der Waals surface area contributed by atoms with Crippen molar-refractivity contribution in [1.29, 1.82) is 0 Å². The number of rotatable bonds is 5. The Bertz CT molecular complexity index is 1110. The lowest BCUT2D eigenvalue weighted by atomic mass is 9.78. The third kappa shape index (κ3) is 4.04. The van der Waals surface area contributed by atoms with E-state index in [1.165, 1.54) is 6.07 Å². The van der Waals surface area contributed by atoms with E-state index in [0.29, 0.717) is 24.0 Å². The first kappa shape index (κ1) is 20.5. The maximum Gasteiger partial charge on any atom is 0.416 e. The van der Waals surface area contributed by atoms with E-state index < -0.39 is 5.60 Å². The highest BCUT2D eigenvalue weighted by Crippen LogP contribution is 2.40. The molecule has 1 saturated heterocycles. The van der Waals surface area contributed by atoms with Crippen molar-refractivity contribution < 1.29 is 13.9 Å². The Morgan fingerprint density at radius 2 is 2.00 bits per heavy atom. The van der Waals surface area contributed by atoms with E-state index in [1.54, 1.807) is 40.2 Å². The van der Waals surface area contributed by atoms with Crippen molar-refractivity contribution in [2.75, 3.05) is 23.3 Å². The van der Waals surface area contributed by atoms with Gasteiger partial charge in [0.25, 0.3) is 0 Å². The van der Waals surface area contributed by atoms with Gasteiger partial charge in [-0.1, -0.05) is 18.2 Å². The number of benzene rings is 1. The Hall–Kier alpha value is -3.42. The number of anilines is 2. The number of pyridine rings is 1. The van der Waals surface area contributed by atoms with Crippen molar-refractivity contribution in [1.82, 2.24) is 14.8 Å². The van der Waals surface area contributed by atoms with Crippen LogP contribution in [-0.4, -0.2) is 39.5 Å². The first-order valence-corrected chi connectivity index (χ1v) is 11.0. The number of nitrogens with one attached hydrogen (secondary N) is 1. The van der Waals surface area contributed by atoms with Crippen LogP contribution in [0.25, 0.3) is 5.69 Å². The summed E-state index contributed by atoms with van der Waals surface area (Å²) in [5.74, 6) is 1.52. The van der Waals surface area contributed by atoms with E-state index in [9.17, 15) is 9.18 Å². The topological polar surface area (TPSA) is 72.3 Å². The Morgan fingerprint density at radius 3 is 2.75 bits per heavy atom. The van der Waals surface area contributed by atoms with Gasteiger partial charge < -0.3 is 10.1 Å². The van der Waals surface area contributed by atoms with E-state index in [1.807, 2.05) is 25.1 Å². The zero-order valence-electron chi connectivity index (χ0n) is 18.0. The van der Waals surface area contributed by atoms with Crippen molar-refractivity contribution >= 4 is 17.7 Å². The molecular formula is C24H26FN5O2. The molecule has 1 saturated carbocycles. The Morgan fingerprint density at radius 1 is 1.19 bits per heavy atom. The van der Waals surface area contributed by atoms with Gasteiger partial charge in [-0.25, -0.2) is 18.9 Å². The highest BCUT2D eigenvalue weighted by atomic mass is 19.1. The average molecular weight is 436 g/mol. The fraction of sp³-hybridized carbons (Fsp3) is 0.375. The fourth-order valence-electron chi connectivity index (χ4n) is 4.53. The summed E-state index contributed by atoms with van der Waals surface area (Å²) in [6.45, 7) is 3.30. The number of hydrogen-bond donors (Lipinski definition) is 1. The zero-order chi connectivity index (χ0) is 22.1. The maximum atomic E-state index is 14.0. The molecular weight excluding hydrogens is 409 g/mol. The van der Waals surface area contributed by atoms with Crippen LogP contribution in [0, 0.1) is 18.7 Å². The molecule has 1 aliphatic heterocycles. The standard InChI is InChI=1S/C24H26FN5O2/c1-17-6-7-22(27-14-17)29-16-24(32-23(29)31)11-8-18(9-12-24)15-26-21-10-13-30(28-21)20-5-3-2-4-19(20)25/h2-7,10,13-14,18H,8-9,11-12,15-16H2,1H3,(H,26,28)/t18-,24-. The SMILES string of the molecule is Cc1ccc(N2C[C@]3(CC[C@@H](CNc4ccn(-c5ccccc5F)n4)CC3)OC2=O)nc1. The van der Waals surface area contributed by atoms with Crippen molar-refractivity contribution in [3.8, 4) is 5.69 Å². The summed E-state index contributed by atoms with van der Waals surface area (Å²) in [4.78, 5) is 18.5. The van der Waals surface area contributed by atoms with Crippen LogP contribution in [0.1, 0.15) is 31.2 Å². The molecule has 0 bridgehead atoms. The molecule has 32 heavy (non-hydrogen) atoms. The van der Waals surface area contributed by atoms with Crippen LogP contribution in [0.2, 0.25) is 0 Å². The number of carbonyl (C=O) groups is 1. The number of ether oxygens (including phenoxy) is 1. The zero-order valence-corrected chi connectivity index (χ0v) is 18.0. The van der Waals surface area contributed by atoms with Crippen molar-refractivity contribution in [3.05, 3.63) is 66.2 Å². The molecule has 0 unspecified atom stereocenters. The molecule has 3 heterocycles. The molecule has 2 aromatic heterocycles. The number of halogens is 1. The van der Waals surface area contributed by atoms with E-state index in [4.69, 9.17) is 4.74 Å². The number of aromatic nitrogens is 3. The smallest absolute Gasteiger partial charge is 0.416 e. The van der Waals surface area contributed by atoms with Crippen LogP contribution in [0.4, 0.5) is 20.8 Å². The first-order valence-electron chi connectivity index (χ1n) is 11.0. The van der Waals surface area contributed by atoms with Gasteiger partial charge in [-0.3, -0.25) is 4.90 Å². The highest BCUT2D eigenvalue weighted by molar-refractivity contribution is 5.89. The monoisotopic (exact) mass is 435 g/mol. The summed E-state index contributed by atoms with van der Waals surface area (Å²) in [5, 5.41) is 7.81. The normalized spacial score (nSPS) is 22.9. The molecule has 1 aromatic carbocycles. The minimum Gasteiger partial charge on any atom is -0.441 e. The molecule has 1 spiro atoms. The molecule has 5 rings (SSSR count). The highest BCUT2D eigenvalue weighted by Gasteiger charge is 2.47. The van der Waals surface area contributed by atoms with Gasteiger partial charge >= 0.3 is 6.09 Å². The number of amides is 1. The van der Waals surface area contributed by atoms with Gasteiger partial charge in [-0.05, 0) is 62.3 Å². The number of para-hydroxylation sites is 1. The number of hydrogen-bond acceptors (Lipinski definition) is 5. The average Bonchev–Trinajstić information content (AvgIpc) is 3.39. The van der Waals surface area contributed by atoms with E-state index >= 15 is 0 Å². The van der Waals surface area contributed by atoms with Crippen molar-refractivity contribution in [2.45, 2.75) is 38.2 Å². The van der Waals surface area contributed by atoms with Gasteiger partial charge in [-0.15, -0.1) is 0 Å². The molecule has 2 aliphatic rings. The predicted molar refractivity (Wildman–Crippen MR) is 120 cm³/mol. The molecule has 3 aromatic rings. The van der Waals surface area contributed by atoms with E-state index in [2.05, 4.69) is 15.4 Å². The van der Waals surface area contributed by atoms with Crippen LogP contribution in [0.5, 0.6) is 0 Å². The van der Waals surface area contributed by atoms with Crippen LogP contribution in [0.15, 0.2) is 54.9 Å². The van der Waals surface area contributed by atoms with Crippen LogP contribution in [0.3, 0.4) is 0 Å². The van der Waals surface area contributed by atoms with Crippen LogP contribution < -0.4 is 10.2 Å². The van der Waals surface area contributed by atoms with E-state index in [0.717, 1.165) is 43.6 Å². The maximum absolute atomic E-state index is 14.0. The molecule has 1 N–H and O–H groups in total. The molecule has 166 valence electrons. The molecule has 1 amide bonds. The van der Waals surface area contributed by atoms with Crippen LogP contribution >= 0.6 is 0 Å². The lowest BCUT2D eigenvalue weighted by molar-refractivity contribution is 0.0148. The van der Waals surface area contributed by atoms with Gasteiger partial charge in [0.2, 0.25) is 0 Å². The number of carbonyl (C=O) groups excluding carboxylic acids is 1. The minimum absolute atomic E-state index is 0.305. The summed E-state index contributed by atoms with van der Waals surface area (Å²) >= 11 is 0. The van der Waals surface area contributed by atoms with E-state index in [-0.39, 0.29) is 11.9 Å². The molecule has 2 fully saturated rings. The summed E-state index contributed by atoms with van der Waals surface area (Å²) in [6.07, 6.45) is 6.80. The van der Waals surface area contributed by atoms with Crippen LogP contribution in [-0.2, 0) is 4.74 Å². The van der Waals surface area contributed by atoms with Crippen molar-refractivity contribution in [2.24, 2.45) is 5.92 Å². The van der Waals surface area contributed by atoms with Crippen molar-refractivity contribution in [3.63, 3.8) is 0 Å². The number of aryl methyl sites for hydroxylation is 1. The third-order valence-corrected chi connectivity index (χ3v) is 6.42. The fourth-order valence-corrected chi connectivity index (χ4v) is 4.53. The molecule has 7 nitrogen and oxygen atoms in total. The Labute approximate surface area is 186 Å². The Kier molecular flexibility index (Phi) is 5.28. The molecule has 0 radical (unpaired) electrons. The third-order valence-electron chi connectivity index (χ3n) is 6.42. The summed E-state index contributed by atoms with van der Waals surface area (Å²) in [7, 11) is 0. The van der Waals surface area contributed by atoms with Gasteiger partial charge in [0.15, 0.2) is 0 Å². The van der Waals surface area contributed by atoms with Gasteiger partial charge in [-0.2, -0.15) is 5.10 Å². The second kappa shape index (κ2) is 8.26. The second-order valence-corrected chi connectivity index (χ2v) is 8.75. The second-order valence-electron chi connectivity index (χ2n) is 8.75. The summed E-state index contributed by atoms with van der Waals surface area (Å²) in [5.41, 5.74) is 1.06. The lowest BCUT2D eigenvalue weighted by Gasteiger charge is -2.35. The molecule has 1 aliphatic carbocycles. The largest absolute Gasteiger partial charge is 0.441 e. The predicted octanol–water partition coefficient (Wildman–Crippen LogP) is 4.71. The molecule has 8 heteroatoms. The van der Waals surface area contributed by atoms with Gasteiger partial charge in [0.1, 0.15) is 28.7 Å². The van der Waals surface area contributed by atoms with Gasteiger partial charge in [0, 0.05) is 25.0 Å². The summed E-state index contributed by atoms with van der Waals surface area (Å²) < 4.78 is 21.3. The number of nitrogens with zero attached hydrogens (tertiary/aromatic N) is 4. The lowest BCUT2D eigenvalue weighted by Crippen LogP contribution is -2.39. The Balaban J connectivity index is 1.15. The quantitative estimate of drug-likeness (QED) is 0.628. The minimum atomic E-state index is -0.424.